The molecule has 94 valence electrons. The van der Waals surface area contributed by atoms with Crippen molar-refractivity contribution in [2.75, 3.05) is 26.3 Å². The summed E-state index contributed by atoms with van der Waals surface area (Å²) in [6, 6.07) is 6.03. The lowest BCUT2D eigenvalue weighted by Crippen LogP contribution is -2.20. The monoisotopic (exact) mass is 236 g/mol. The third-order valence-electron chi connectivity index (χ3n) is 2.77. The number of hydrogen-bond donors (Lipinski definition) is 2. The van der Waals surface area contributed by atoms with Gasteiger partial charge in [0.2, 0.25) is 0 Å². The van der Waals surface area contributed by atoms with Crippen molar-refractivity contribution in [2.45, 2.75) is 19.4 Å². The Balaban J connectivity index is 1.87. The topological polar surface area (TPSA) is 56.5 Å². The van der Waals surface area contributed by atoms with Crippen molar-refractivity contribution >= 4 is 0 Å². The van der Waals surface area contributed by atoms with Gasteiger partial charge in [-0.3, -0.25) is 0 Å². The predicted octanol–water partition coefficient (Wildman–Crippen LogP) is 1.29. The first-order chi connectivity index (χ1) is 8.42. The third-order valence-corrected chi connectivity index (χ3v) is 2.77. The number of unbranched alkanes of at least 4 members (excludes halogenated alkanes) is 1. The largest absolute Gasteiger partial charge is 0.486 e. The minimum absolute atomic E-state index is 0.636. The van der Waals surface area contributed by atoms with E-state index in [-0.39, 0.29) is 0 Å². The molecule has 0 fully saturated rings. The standard InChI is InChI=1S/C13H20N2O2/c14-6-1-2-7-15-10-11-4-3-5-12-13(11)17-9-8-16-12/h3-5,15H,1-2,6-10,14H2. The molecule has 1 aliphatic rings. The van der Waals surface area contributed by atoms with E-state index in [0.29, 0.717) is 13.2 Å². The lowest BCUT2D eigenvalue weighted by atomic mass is 10.1. The molecule has 0 amide bonds. The number of para-hydroxylation sites is 1. The van der Waals surface area contributed by atoms with Crippen LogP contribution in [0.25, 0.3) is 0 Å². The van der Waals surface area contributed by atoms with Gasteiger partial charge in [0.25, 0.3) is 0 Å². The van der Waals surface area contributed by atoms with E-state index in [1.165, 1.54) is 0 Å². The molecule has 0 atom stereocenters. The molecule has 0 spiro atoms. The van der Waals surface area contributed by atoms with E-state index in [2.05, 4.69) is 11.4 Å². The van der Waals surface area contributed by atoms with Crippen molar-refractivity contribution in [1.82, 2.24) is 5.32 Å². The molecular weight excluding hydrogens is 216 g/mol. The van der Waals surface area contributed by atoms with E-state index >= 15 is 0 Å². The Bertz CT molecular complexity index is 355. The van der Waals surface area contributed by atoms with Crippen LogP contribution in [0.5, 0.6) is 11.5 Å². The summed E-state index contributed by atoms with van der Waals surface area (Å²) in [5.41, 5.74) is 6.61. The summed E-state index contributed by atoms with van der Waals surface area (Å²) in [7, 11) is 0. The van der Waals surface area contributed by atoms with E-state index in [9.17, 15) is 0 Å². The minimum atomic E-state index is 0.636. The highest BCUT2D eigenvalue weighted by Crippen LogP contribution is 2.33. The van der Waals surface area contributed by atoms with Gasteiger partial charge in [-0.25, -0.2) is 0 Å². The van der Waals surface area contributed by atoms with Gasteiger partial charge in [0.05, 0.1) is 0 Å². The maximum atomic E-state index is 5.65. The smallest absolute Gasteiger partial charge is 0.165 e. The number of nitrogens with two attached hydrogens (primary N) is 1. The van der Waals surface area contributed by atoms with Crippen LogP contribution in [0.4, 0.5) is 0 Å². The molecule has 0 saturated carbocycles. The van der Waals surface area contributed by atoms with Crippen LogP contribution in [0, 0.1) is 0 Å². The Morgan fingerprint density at radius 3 is 2.94 bits per heavy atom. The van der Waals surface area contributed by atoms with E-state index < -0.39 is 0 Å². The van der Waals surface area contributed by atoms with Crippen LogP contribution in [0.3, 0.4) is 0 Å². The summed E-state index contributed by atoms with van der Waals surface area (Å²) >= 11 is 0. The molecule has 1 aromatic carbocycles. The molecule has 17 heavy (non-hydrogen) atoms. The summed E-state index contributed by atoms with van der Waals surface area (Å²) < 4.78 is 11.2. The first-order valence-electron chi connectivity index (χ1n) is 6.20. The van der Waals surface area contributed by atoms with E-state index in [0.717, 1.165) is 49.5 Å². The zero-order valence-corrected chi connectivity index (χ0v) is 10.1. The molecule has 4 heteroatoms. The van der Waals surface area contributed by atoms with E-state index in [1.54, 1.807) is 0 Å². The van der Waals surface area contributed by atoms with Gasteiger partial charge in [-0.2, -0.15) is 0 Å². The highest BCUT2D eigenvalue weighted by molar-refractivity contribution is 5.47. The maximum absolute atomic E-state index is 5.65. The Hall–Kier alpha value is -1.26. The normalized spacial score (nSPS) is 13.7. The summed E-state index contributed by atoms with van der Waals surface area (Å²) in [4.78, 5) is 0. The van der Waals surface area contributed by atoms with Crippen molar-refractivity contribution in [3.8, 4) is 11.5 Å². The van der Waals surface area contributed by atoms with Crippen LogP contribution in [0.15, 0.2) is 18.2 Å². The number of nitrogens with one attached hydrogen (secondary N) is 1. The lowest BCUT2D eigenvalue weighted by molar-refractivity contribution is 0.169. The summed E-state index contributed by atoms with van der Waals surface area (Å²) in [6.07, 6.45) is 2.18. The zero-order valence-electron chi connectivity index (χ0n) is 10.1. The number of hydrogen-bond acceptors (Lipinski definition) is 4. The fourth-order valence-electron chi connectivity index (χ4n) is 1.89. The molecule has 4 nitrogen and oxygen atoms in total. The lowest BCUT2D eigenvalue weighted by Gasteiger charge is -2.21. The van der Waals surface area contributed by atoms with Crippen molar-refractivity contribution < 1.29 is 9.47 Å². The van der Waals surface area contributed by atoms with Crippen molar-refractivity contribution in [2.24, 2.45) is 5.73 Å². The van der Waals surface area contributed by atoms with Crippen LogP contribution >= 0.6 is 0 Å². The number of rotatable bonds is 6. The van der Waals surface area contributed by atoms with Gasteiger partial charge in [0, 0.05) is 12.1 Å². The molecular formula is C13H20N2O2. The van der Waals surface area contributed by atoms with Gasteiger partial charge in [-0.1, -0.05) is 12.1 Å². The van der Waals surface area contributed by atoms with Crippen LogP contribution in [-0.2, 0) is 6.54 Å². The SMILES string of the molecule is NCCCCNCc1cccc2c1OCCO2. The first kappa shape index (κ1) is 12.2. The molecule has 0 aliphatic carbocycles. The molecule has 0 saturated heterocycles. The van der Waals surface area contributed by atoms with Gasteiger partial charge in [0.1, 0.15) is 13.2 Å². The average molecular weight is 236 g/mol. The second-order valence-electron chi connectivity index (χ2n) is 4.11. The molecule has 3 N–H and O–H groups in total. The molecule has 1 heterocycles. The molecule has 1 aliphatic heterocycles. The van der Waals surface area contributed by atoms with Gasteiger partial charge in [-0.05, 0) is 32.0 Å². The highest BCUT2D eigenvalue weighted by atomic mass is 16.6. The molecule has 0 aromatic heterocycles. The van der Waals surface area contributed by atoms with E-state index in [4.69, 9.17) is 15.2 Å². The van der Waals surface area contributed by atoms with Crippen molar-refractivity contribution in [1.29, 1.82) is 0 Å². The third kappa shape index (κ3) is 3.35. The zero-order chi connectivity index (χ0) is 11.9. The summed E-state index contributed by atoms with van der Waals surface area (Å²) in [5, 5.41) is 3.40. The summed E-state index contributed by atoms with van der Waals surface area (Å²) in [6.45, 7) is 3.84. The molecule has 1 aromatic rings. The fraction of sp³-hybridized carbons (Fsp3) is 0.538. The predicted molar refractivity (Wildman–Crippen MR) is 67.4 cm³/mol. The van der Waals surface area contributed by atoms with Crippen LogP contribution in [0.2, 0.25) is 0 Å². The fourth-order valence-corrected chi connectivity index (χ4v) is 1.89. The highest BCUT2D eigenvalue weighted by Gasteiger charge is 2.14. The summed E-state index contributed by atoms with van der Waals surface area (Å²) in [5.74, 6) is 1.75. The van der Waals surface area contributed by atoms with Gasteiger partial charge in [-0.15, -0.1) is 0 Å². The van der Waals surface area contributed by atoms with Crippen LogP contribution in [0.1, 0.15) is 18.4 Å². The van der Waals surface area contributed by atoms with Crippen LogP contribution in [-0.4, -0.2) is 26.3 Å². The number of fused-ring (bicyclic) bond motifs is 1. The Kier molecular flexibility index (Phi) is 4.64. The average Bonchev–Trinajstić information content (AvgIpc) is 2.39. The van der Waals surface area contributed by atoms with Gasteiger partial charge >= 0.3 is 0 Å². The molecule has 0 unspecified atom stereocenters. The Labute approximate surface area is 102 Å². The second kappa shape index (κ2) is 6.47. The Morgan fingerprint density at radius 1 is 1.18 bits per heavy atom. The van der Waals surface area contributed by atoms with Gasteiger partial charge < -0.3 is 20.5 Å². The van der Waals surface area contributed by atoms with Crippen molar-refractivity contribution in [3.63, 3.8) is 0 Å². The number of ether oxygens (including phenoxy) is 2. The minimum Gasteiger partial charge on any atom is -0.486 e. The van der Waals surface area contributed by atoms with Crippen LogP contribution < -0.4 is 20.5 Å². The number of benzene rings is 1. The second-order valence-corrected chi connectivity index (χ2v) is 4.11. The first-order valence-corrected chi connectivity index (χ1v) is 6.20. The Morgan fingerprint density at radius 2 is 2.06 bits per heavy atom. The molecule has 0 radical (unpaired) electrons. The van der Waals surface area contributed by atoms with Gasteiger partial charge in [0.15, 0.2) is 11.5 Å². The van der Waals surface area contributed by atoms with Crippen molar-refractivity contribution in [3.05, 3.63) is 23.8 Å². The quantitative estimate of drug-likeness (QED) is 0.731. The molecule has 0 bridgehead atoms. The van der Waals surface area contributed by atoms with E-state index in [1.807, 2.05) is 12.1 Å². The molecule has 2 rings (SSSR count). The maximum Gasteiger partial charge on any atom is 0.165 e.